The van der Waals surface area contributed by atoms with E-state index in [1.54, 1.807) is 12.1 Å². The number of rotatable bonds is 1. The first kappa shape index (κ1) is 8.25. The molecule has 0 saturated heterocycles. The Balaban J connectivity index is 2.79. The minimum atomic E-state index is 0.352. The zero-order valence-corrected chi connectivity index (χ0v) is 8.13. The predicted octanol–water partition coefficient (Wildman–Crippen LogP) is 1.72. The van der Waals surface area contributed by atoms with Crippen LogP contribution < -0.4 is 5.73 Å². The summed E-state index contributed by atoms with van der Waals surface area (Å²) in [5.74, 6) is 0.352. The number of nitrogen functional groups attached to an aromatic ring is 1. The number of carbonyl (C=O) groups excluding carboxylic acids is 1. The van der Waals surface area contributed by atoms with Gasteiger partial charge < -0.3 is 10.7 Å². The van der Waals surface area contributed by atoms with E-state index in [0.717, 1.165) is 16.3 Å². The van der Waals surface area contributed by atoms with Gasteiger partial charge in [-0.05, 0) is 28.1 Å². The van der Waals surface area contributed by atoms with Crippen LogP contribution in [0.4, 0.5) is 5.95 Å². The van der Waals surface area contributed by atoms with Crippen LogP contribution >= 0.6 is 15.9 Å². The Kier molecular flexibility index (Phi) is 1.81. The van der Waals surface area contributed by atoms with E-state index in [-0.39, 0.29) is 0 Å². The largest absolute Gasteiger partial charge is 0.369 e. The second kappa shape index (κ2) is 2.85. The highest BCUT2D eigenvalue weighted by molar-refractivity contribution is 9.10. The normalized spacial score (nSPS) is 10.5. The van der Waals surface area contributed by atoms with Crippen LogP contribution in [0.15, 0.2) is 16.6 Å². The smallest absolute Gasteiger partial charge is 0.198 e. The van der Waals surface area contributed by atoms with E-state index in [1.165, 1.54) is 0 Å². The molecule has 0 unspecified atom stereocenters. The van der Waals surface area contributed by atoms with Gasteiger partial charge in [0.05, 0.1) is 11.0 Å². The quantitative estimate of drug-likeness (QED) is 0.745. The van der Waals surface area contributed by atoms with Crippen LogP contribution in [-0.4, -0.2) is 16.3 Å². The topological polar surface area (TPSA) is 71.8 Å². The number of hydrogen-bond acceptors (Lipinski definition) is 3. The number of nitrogens with zero attached hydrogens (tertiary/aromatic N) is 1. The van der Waals surface area contributed by atoms with Crippen LogP contribution in [-0.2, 0) is 0 Å². The summed E-state index contributed by atoms with van der Waals surface area (Å²) in [6.07, 6.45) is 0.772. The Hall–Kier alpha value is -1.36. The van der Waals surface area contributed by atoms with Gasteiger partial charge in [0.25, 0.3) is 0 Å². The van der Waals surface area contributed by atoms with Gasteiger partial charge in [0, 0.05) is 10.0 Å². The molecule has 0 aliphatic rings. The van der Waals surface area contributed by atoms with Crippen molar-refractivity contribution in [1.82, 2.24) is 9.97 Å². The van der Waals surface area contributed by atoms with Crippen molar-refractivity contribution < 1.29 is 4.79 Å². The number of aromatic nitrogens is 2. The third kappa shape index (κ3) is 1.31. The molecule has 4 nitrogen and oxygen atoms in total. The number of aldehydes is 1. The SMILES string of the molecule is Nc1nc2cc(C=O)c(Br)cc2[nH]1. The van der Waals surface area contributed by atoms with Crippen LogP contribution in [0.1, 0.15) is 10.4 Å². The Morgan fingerprint density at radius 2 is 2.31 bits per heavy atom. The van der Waals surface area contributed by atoms with Gasteiger partial charge in [-0.3, -0.25) is 4.79 Å². The highest BCUT2D eigenvalue weighted by Crippen LogP contribution is 2.22. The lowest BCUT2D eigenvalue weighted by molar-refractivity contribution is 0.112. The fourth-order valence-corrected chi connectivity index (χ4v) is 1.59. The number of hydrogen-bond donors (Lipinski definition) is 2. The molecule has 13 heavy (non-hydrogen) atoms. The average Bonchev–Trinajstić information content (AvgIpc) is 2.42. The molecule has 0 spiro atoms. The highest BCUT2D eigenvalue weighted by atomic mass is 79.9. The molecule has 66 valence electrons. The van der Waals surface area contributed by atoms with Gasteiger partial charge in [-0.2, -0.15) is 0 Å². The monoisotopic (exact) mass is 239 g/mol. The molecule has 1 aromatic carbocycles. The second-order valence-electron chi connectivity index (χ2n) is 2.63. The number of nitrogens with two attached hydrogens (primary N) is 1. The maximum Gasteiger partial charge on any atom is 0.198 e. The molecule has 1 heterocycles. The zero-order chi connectivity index (χ0) is 9.42. The number of fused-ring (bicyclic) bond motifs is 1. The van der Waals surface area contributed by atoms with Gasteiger partial charge in [0.1, 0.15) is 0 Å². The maximum atomic E-state index is 10.6. The first-order chi connectivity index (χ1) is 6.20. The Morgan fingerprint density at radius 1 is 1.54 bits per heavy atom. The molecule has 5 heteroatoms. The lowest BCUT2D eigenvalue weighted by Gasteiger charge is -1.94. The minimum Gasteiger partial charge on any atom is -0.369 e. The van der Waals surface area contributed by atoms with Crippen LogP contribution in [0.2, 0.25) is 0 Å². The molecule has 0 radical (unpaired) electrons. The van der Waals surface area contributed by atoms with Gasteiger partial charge in [-0.1, -0.05) is 0 Å². The number of aromatic amines is 1. The van der Waals surface area contributed by atoms with E-state index in [4.69, 9.17) is 5.73 Å². The number of nitrogens with one attached hydrogen (secondary N) is 1. The van der Waals surface area contributed by atoms with Crippen molar-refractivity contribution in [1.29, 1.82) is 0 Å². The number of imidazole rings is 1. The van der Waals surface area contributed by atoms with E-state index in [0.29, 0.717) is 17.0 Å². The first-order valence-electron chi connectivity index (χ1n) is 3.60. The van der Waals surface area contributed by atoms with Crippen molar-refractivity contribution in [2.75, 3.05) is 5.73 Å². The van der Waals surface area contributed by atoms with Crippen molar-refractivity contribution in [3.8, 4) is 0 Å². The van der Waals surface area contributed by atoms with Gasteiger partial charge in [0.15, 0.2) is 12.2 Å². The lowest BCUT2D eigenvalue weighted by Crippen LogP contribution is -1.84. The van der Waals surface area contributed by atoms with E-state index >= 15 is 0 Å². The van der Waals surface area contributed by atoms with Crippen molar-refractivity contribution in [3.05, 3.63) is 22.2 Å². The molecular weight excluding hydrogens is 234 g/mol. The predicted molar refractivity (Wildman–Crippen MR) is 53.6 cm³/mol. The number of carbonyl (C=O) groups is 1. The summed E-state index contributed by atoms with van der Waals surface area (Å²) in [6, 6.07) is 3.46. The molecule has 0 bridgehead atoms. The molecule has 0 aliphatic heterocycles. The number of halogens is 1. The molecule has 1 aromatic heterocycles. The standard InChI is InChI=1S/C8H6BrN3O/c9-5-2-7-6(1-4(5)3-13)11-8(10)12-7/h1-3H,(H3,10,11,12). The van der Waals surface area contributed by atoms with E-state index in [2.05, 4.69) is 25.9 Å². The Bertz CT molecular complexity index is 477. The van der Waals surface area contributed by atoms with Crippen LogP contribution in [0, 0.1) is 0 Å². The third-order valence-electron chi connectivity index (χ3n) is 1.75. The Labute approximate surface area is 82.3 Å². The fourth-order valence-electron chi connectivity index (χ4n) is 1.16. The van der Waals surface area contributed by atoms with Crippen molar-refractivity contribution in [3.63, 3.8) is 0 Å². The van der Waals surface area contributed by atoms with Crippen LogP contribution in [0.5, 0.6) is 0 Å². The first-order valence-corrected chi connectivity index (χ1v) is 4.40. The van der Waals surface area contributed by atoms with Crippen LogP contribution in [0.25, 0.3) is 11.0 Å². The van der Waals surface area contributed by atoms with Gasteiger partial charge in [-0.15, -0.1) is 0 Å². The van der Waals surface area contributed by atoms with Gasteiger partial charge >= 0.3 is 0 Å². The average molecular weight is 240 g/mol. The lowest BCUT2D eigenvalue weighted by atomic mass is 10.2. The van der Waals surface area contributed by atoms with Gasteiger partial charge in [0.2, 0.25) is 0 Å². The van der Waals surface area contributed by atoms with E-state index < -0.39 is 0 Å². The molecule has 0 saturated carbocycles. The molecule has 0 fully saturated rings. The molecule has 0 aliphatic carbocycles. The van der Waals surface area contributed by atoms with Crippen molar-refractivity contribution in [2.24, 2.45) is 0 Å². The molecule has 2 aromatic rings. The third-order valence-corrected chi connectivity index (χ3v) is 2.43. The summed E-state index contributed by atoms with van der Waals surface area (Å²) in [4.78, 5) is 17.5. The summed E-state index contributed by atoms with van der Waals surface area (Å²) in [5, 5.41) is 0. The molecular formula is C8H6BrN3O. The van der Waals surface area contributed by atoms with Crippen molar-refractivity contribution >= 4 is 39.2 Å². The van der Waals surface area contributed by atoms with E-state index in [9.17, 15) is 4.79 Å². The van der Waals surface area contributed by atoms with Crippen molar-refractivity contribution in [2.45, 2.75) is 0 Å². The summed E-state index contributed by atoms with van der Waals surface area (Å²) < 4.78 is 0.735. The molecule has 2 rings (SSSR count). The molecule has 3 N–H and O–H groups in total. The fraction of sp³-hybridized carbons (Fsp3) is 0. The second-order valence-corrected chi connectivity index (χ2v) is 3.49. The zero-order valence-electron chi connectivity index (χ0n) is 6.54. The number of benzene rings is 1. The van der Waals surface area contributed by atoms with Gasteiger partial charge in [-0.25, -0.2) is 4.98 Å². The molecule has 0 amide bonds. The van der Waals surface area contributed by atoms with Crippen LogP contribution in [0.3, 0.4) is 0 Å². The minimum absolute atomic E-state index is 0.352. The number of anilines is 1. The summed E-state index contributed by atoms with van der Waals surface area (Å²) >= 11 is 3.27. The summed E-state index contributed by atoms with van der Waals surface area (Å²) in [6.45, 7) is 0. The maximum absolute atomic E-state index is 10.6. The summed E-state index contributed by atoms with van der Waals surface area (Å²) in [7, 11) is 0. The number of H-pyrrole nitrogens is 1. The summed E-state index contributed by atoms with van der Waals surface area (Å²) in [5.41, 5.74) is 7.54. The molecule has 0 atom stereocenters. The highest BCUT2D eigenvalue weighted by Gasteiger charge is 2.04. The van der Waals surface area contributed by atoms with E-state index in [1.807, 2.05) is 0 Å². The Morgan fingerprint density at radius 3 is 3.00 bits per heavy atom.